The van der Waals surface area contributed by atoms with Gasteiger partial charge in [0.2, 0.25) is 6.23 Å². The molecule has 0 aromatic carbocycles. The van der Waals surface area contributed by atoms with Crippen LogP contribution in [0.5, 0.6) is 0 Å². The largest absolute Gasteiger partial charge is 0.391 e. The van der Waals surface area contributed by atoms with Crippen LogP contribution in [0.4, 0.5) is 0 Å². The molecule has 0 rings (SSSR count). The third kappa shape index (κ3) is 10.5. The van der Waals surface area contributed by atoms with Crippen LogP contribution in [0.15, 0.2) is 0 Å². The van der Waals surface area contributed by atoms with E-state index in [4.69, 9.17) is 4.74 Å². The van der Waals surface area contributed by atoms with Gasteiger partial charge in [0.25, 0.3) is 0 Å². The monoisotopic (exact) mass is 362 g/mol. The molecule has 5 nitrogen and oxygen atoms in total. The molecular weight excluding hydrogens is 318 g/mol. The molecular formula is C20H44NO4+. The topological polar surface area (TPSA) is 69.9 Å². The molecule has 0 amide bonds. The number of ether oxygens (including phenoxy) is 1. The van der Waals surface area contributed by atoms with Crippen LogP contribution in [-0.2, 0) is 4.74 Å². The lowest BCUT2D eigenvalue weighted by molar-refractivity contribution is -0.959. The minimum atomic E-state index is -0.647. The van der Waals surface area contributed by atoms with Gasteiger partial charge < -0.3 is 20.1 Å². The Hall–Kier alpha value is -0.200. The Morgan fingerprint density at radius 3 is 1.84 bits per heavy atom. The van der Waals surface area contributed by atoms with E-state index in [0.29, 0.717) is 17.6 Å². The SMILES string of the molecule is CCCCCCCCCC(CC)OC(C(C)O)[N+](C)(CCO)CCO. The number of nitrogens with zero attached hydrogens (tertiary/aromatic N) is 1. The predicted molar refractivity (Wildman–Crippen MR) is 103 cm³/mol. The van der Waals surface area contributed by atoms with Crippen LogP contribution in [0.1, 0.15) is 78.6 Å². The normalized spacial score (nSPS) is 16.0. The number of hydrogen-bond acceptors (Lipinski definition) is 4. The van der Waals surface area contributed by atoms with E-state index in [2.05, 4.69) is 13.8 Å². The lowest BCUT2D eigenvalue weighted by atomic mass is 10.0. The van der Waals surface area contributed by atoms with Gasteiger partial charge >= 0.3 is 0 Å². The van der Waals surface area contributed by atoms with E-state index in [9.17, 15) is 15.3 Å². The predicted octanol–water partition coefficient (Wildman–Crippen LogP) is 3.06. The van der Waals surface area contributed by atoms with Gasteiger partial charge in [0.15, 0.2) is 0 Å². The molecule has 25 heavy (non-hydrogen) atoms. The van der Waals surface area contributed by atoms with Crippen molar-refractivity contribution in [3.05, 3.63) is 0 Å². The van der Waals surface area contributed by atoms with Crippen molar-refractivity contribution in [2.75, 3.05) is 33.4 Å². The molecule has 0 heterocycles. The summed E-state index contributed by atoms with van der Waals surface area (Å²) in [4.78, 5) is 0. The zero-order valence-electron chi connectivity index (χ0n) is 17.1. The number of aliphatic hydroxyl groups is 3. The Morgan fingerprint density at radius 2 is 1.40 bits per heavy atom. The maximum atomic E-state index is 10.2. The molecule has 3 unspecified atom stereocenters. The zero-order chi connectivity index (χ0) is 19.1. The second-order valence-electron chi connectivity index (χ2n) is 7.58. The van der Waals surface area contributed by atoms with Gasteiger partial charge in [-0.25, -0.2) is 0 Å². The molecule has 0 aliphatic rings. The van der Waals surface area contributed by atoms with Gasteiger partial charge in [0, 0.05) is 0 Å². The van der Waals surface area contributed by atoms with Crippen molar-refractivity contribution in [1.29, 1.82) is 0 Å². The van der Waals surface area contributed by atoms with Crippen LogP contribution in [0.2, 0.25) is 0 Å². The van der Waals surface area contributed by atoms with Gasteiger partial charge in [-0.3, -0.25) is 4.48 Å². The molecule has 5 heteroatoms. The molecule has 3 atom stereocenters. The Kier molecular flexibility index (Phi) is 14.8. The number of aliphatic hydroxyl groups excluding tert-OH is 3. The third-order valence-corrected chi connectivity index (χ3v) is 5.17. The highest BCUT2D eigenvalue weighted by Crippen LogP contribution is 2.21. The van der Waals surface area contributed by atoms with E-state index in [1.165, 1.54) is 38.5 Å². The second kappa shape index (κ2) is 14.9. The summed E-state index contributed by atoms with van der Waals surface area (Å²) in [7, 11) is 1.93. The number of quaternary nitrogens is 1. The zero-order valence-corrected chi connectivity index (χ0v) is 17.1. The number of rotatable bonds is 17. The lowest BCUT2D eigenvalue weighted by Crippen LogP contribution is -2.61. The molecule has 0 fully saturated rings. The van der Waals surface area contributed by atoms with Crippen LogP contribution in [0.25, 0.3) is 0 Å². The fourth-order valence-electron chi connectivity index (χ4n) is 3.50. The first-order valence-corrected chi connectivity index (χ1v) is 10.3. The van der Waals surface area contributed by atoms with Crippen molar-refractivity contribution >= 4 is 0 Å². The number of unbranched alkanes of at least 4 members (excludes halogenated alkanes) is 6. The van der Waals surface area contributed by atoms with Crippen LogP contribution in [-0.4, -0.2) is 71.6 Å². The first-order valence-electron chi connectivity index (χ1n) is 10.3. The summed E-state index contributed by atoms with van der Waals surface area (Å²) in [5.41, 5.74) is 0. The fraction of sp³-hybridized carbons (Fsp3) is 1.00. The molecule has 0 aromatic heterocycles. The van der Waals surface area contributed by atoms with Crippen molar-refractivity contribution in [2.24, 2.45) is 0 Å². The standard InChI is InChI=1S/C20H44NO4/c1-5-7-8-9-10-11-12-13-19(6-2)25-20(18(3)24)21(4,14-16-22)15-17-23/h18-20,22-24H,5-17H2,1-4H3/q+1. The van der Waals surface area contributed by atoms with Crippen molar-refractivity contribution in [1.82, 2.24) is 0 Å². The molecule has 0 bridgehead atoms. The maximum absolute atomic E-state index is 10.2. The Labute approximate surface area is 155 Å². The highest BCUT2D eigenvalue weighted by atomic mass is 16.5. The maximum Gasteiger partial charge on any atom is 0.219 e. The van der Waals surface area contributed by atoms with E-state index in [-0.39, 0.29) is 19.3 Å². The quantitative estimate of drug-likeness (QED) is 0.211. The first kappa shape index (κ1) is 24.8. The second-order valence-corrected chi connectivity index (χ2v) is 7.58. The van der Waals surface area contributed by atoms with E-state index in [1.807, 2.05) is 7.05 Å². The molecule has 0 radical (unpaired) electrons. The average Bonchev–Trinajstić information content (AvgIpc) is 2.56. The van der Waals surface area contributed by atoms with E-state index in [0.717, 1.165) is 19.3 Å². The summed E-state index contributed by atoms with van der Waals surface area (Å²) in [6.07, 6.45) is 9.93. The number of likely N-dealkylation sites (N-methyl/N-ethyl adjacent to an activating group) is 1. The molecule has 3 N–H and O–H groups in total. The van der Waals surface area contributed by atoms with Crippen molar-refractivity contribution in [3.63, 3.8) is 0 Å². The average molecular weight is 363 g/mol. The van der Waals surface area contributed by atoms with Gasteiger partial charge in [-0.15, -0.1) is 0 Å². The summed E-state index contributed by atoms with van der Waals surface area (Å²) in [5, 5.41) is 29.0. The van der Waals surface area contributed by atoms with Crippen LogP contribution >= 0.6 is 0 Å². The van der Waals surface area contributed by atoms with Gasteiger partial charge in [-0.1, -0.05) is 58.8 Å². The minimum Gasteiger partial charge on any atom is -0.391 e. The van der Waals surface area contributed by atoms with Crippen molar-refractivity contribution < 1.29 is 24.5 Å². The molecule has 0 aromatic rings. The van der Waals surface area contributed by atoms with Gasteiger partial charge in [-0.05, 0) is 19.8 Å². The third-order valence-electron chi connectivity index (χ3n) is 5.17. The van der Waals surface area contributed by atoms with Crippen molar-refractivity contribution in [2.45, 2.75) is 97.0 Å². The number of hydrogen-bond donors (Lipinski definition) is 3. The van der Waals surface area contributed by atoms with Crippen LogP contribution in [0, 0.1) is 0 Å². The van der Waals surface area contributed by atoms with E-state index >= 15 is 0 Å². The Balaban J connectivity index is 4.49. The minimum absolute atomic E-state index is 0.0115. The molecule has 0 spiro atoms. The summed E-state index contributed by atoms with van der Waals surface area (Å²) in [5.74, 6) is 0. The van der Waals surface area contributed by atoms with Crippen LogP contribution < -0.4 is 0 Å². The summed E-state index contributed by atoms with van der Waals surface area (Å²) in [6, 6.07) is 0. The van der Waals surface area contributed by atoms with Gasteiger partial charge in [-0.2, -0.15) is 0 Å². The summed E-state index contributed by atoms with van der Waals surface area (Å²) >= 11 is 0. The Morgan fingerprint density at radius 1 is 0.880 bits per heavy atom. The smallest absolute Gasteiger partial charge is 0.219 e. The van der Waals surface area contributed by atoms with Gasteiger partial charge in [0.05, 0.1) is 26.4 Å². The fourth-order valence-corrected chi connectivity index (χ4v) is 3.50. The Bertz CT molecular complexity index is 293. The molecule has 0 saturated heterocycles. The molecule has 0 aliphatic carbocycles. The molecule has 0 saturated carbocycles. The van der Waals surface area contributed by atoms with Crippen LogP contribution in [0.3, 0.4) is 0 Å². The van der Waals surface area contributed by atoms with E-state index in [1.54, 1.807) is 6.92 Å². The molecule has 0 aliphatic heterocycles. The summed E-state index contributed by atoms with van der Waals surface area (Å²) < 4.78 is 6.61. The molecule has 152 valence electrons. The van der Waals surface area contributed by atoms with Crippen molar-refractivity contribution in [3.8, 4) is 0 Å². The highest BCUT2D eigenvalue weighted by molar-refractivity contribution is 4.63. The summed E-state index contributed by atoms with van der Waals surface area (Å²) in [6.45, 7) is 7.04. The highest BCUT2D eigenvalue weighted by Gasteiger charge is 2.38. The first-order chi connectivity index (χ1) is 11.9. The lowest BCUT2D eigenvalue weighted by Gasteiger charge is -2.43. The van der Waals surface area contributed by atoms with E-state index < -0.39 is 12.3 Å². The van der Waals surface area contributed by atoms with Gasteiger partial charge in [0.1, 0.15) is 19.2 Å².